The summed E-state index contributed by atoms with van der Waals surface area (Å²) in [6.07, 6.45) is 3.86. The molecule has 1 saturated heterocycles. The van der Waals surface area contributed by atoms with E-state index in [-0.39, 0.29) is 13.0 Å². The van der Waals surface area contributed by atoms with E-state index in [2.05, 4.69) is 20.6 Å². The highest BCUT2D eigenvalue weighted by molar-refractivity contribution is 5.93. The Morgan fingerprint density at radius 2 is 2.14 bits per heavy atom. The molecule has 0 bridgehead atoms. The molecular formula is C16H24N6O6. The van der Waals surface area contributed by atoms with E-state index in [0.717, 1.165) is 0 Å². The average molecular weight is 396 g/mol. The second-order valence-electron chi connectivity index (χ2n) is 6.43. The third kappa shape index (κ3) is 5.50. The summed E-state index contributed by atoms with van der Waals surface area (Å²) in [5.41, 5.74) is 5.91. The number of H-pyrrole nitrogens is 1. The lowest BCUT2D eigenvalue weighted by atomic mass is 10.1. The van der Waals surface area contributed by atoms with Crippen LogP contribution >= 0.6 is 0 Å². The molecule has 2 rings (SSSR count). The molecule has 154 valence electrons. The van der Waals surface area contributed by atoms with Gasteiger partial charge in [-0.15, -0.1) is 0 Å². The van der Waals surface area contributed by atoms with Crippen LogP contribution in [0.1, 0.15) is 18.5 Å². The predicted octanol–water partition coefficient (Wildman–Crippen LogP) is -3.05. The lowest BCUT2D eigenvalue weighted by molar-refractivity contribution is -0.144. The van der Waals surface area contributed by atoms with Gasteiger partial charge in [-0.25, -0.2) is 9.78 Å². The average Bonchev–Trinajstić information content (AvgIpc) is 3.36. The maximum Gasteiger partial charge on any atom is 0.326 e. The molecule has 28 heavy (non-hydrogen) atoms. The van der Waals surface area contributed by atoms with Crippen molar-refractivity contribution in [3.8, 4) is 0 Å². The zero-order valence-electron chi connectivity index (χ0n) is 15.1. The van der Waals surface area contributed by atoms with E-state index < -0.39 is 48.4 Å². The predicted molar refractivity (Wildman–Crippen MR) is 94.7 cm³/mol. The molecule has 0 saturated carbocycles. The van der Waals surface area contributed by atoms with E-state index in [9.17, 15) is 24.3 Å². The van der Waals surface area contributed by atoms with Crippen LogP contribution in [0.4, 0.5) is 0 Å². The lowest BCUT2D eigenvalue weighted by Crippen LogP contribution is -2.53. The number of carboxylic acid groups (broad SMARTS) is 1. The van der Waals surface area contributed by atoms with Gasteiger partial charge in [0, 0.05) is 24.9 Å². The minimum atomic E-state index is -1.20. The van der Waals surface area contributed by atoms with Crippen molar-refractivity contribution in [2.75, 3.05) is 19.7 Å². The first-order valence-corrected chi connectivity index (χ1v) is 8.77. The molecule has 1 aliphatic rings. The summed E-state index contributed by atoms with van der Waals surface area (Å²) < 4.78 is 0. The number of hydrogen-bond acceptors (Lipinski definition) is 7. The third-order valence-electron chi connectivity index (χ3n) is 4.42. The van der Waals surface area contributed by atoms with Crippen LogP contribution in [0.15, 0.2) is 12.5 Å². The molecule has 0 spiro atoms. The Kier molecular flexibility index (Phi) is 7.46. The van der Waals surface area contributed by atoms with E-state index >= 15 is 0 Å². The van der Waals surface area contributed by atoms with Gasteiger partial charge in [-0.3, -0.25) is 14.4 Å². The number of carboxylic acids is 1. The number of aliphatic hydroxyl groups is 1. The van der Waals surface area contributed by atoms with Crippen molar-refractivity contribution in [3.05, 3.63) is 18.2 Å². The Labute approximate surface area is 160 Å². The lowest BCUT2D eigenvalue weighted by Gasteiger charge is -2.25. The number of amides is 3. The molecule has 1 fully saturated rings. The van der Waals surface area contributed by atoms with Gasteiger partial charge >= 0.3 is 5.97 Å². The summed E-state index contributed by atoms with van der Waals surface area (Å²) in [4.78, 5) is 55.8. The smallest absolute Gasteiger partial charge is 0.326 e. The fourth-order valence-electron chi connectivity index (χ4n) is 2.90. The van der Waals surface area contributed by atoms with Crippen LogP contribution in [0, 0.1) is 0 Å². The van der Waals surface area contributed by atoms with Crippen molar-refractivity contribution < 1.29 is 29.4 Å². The number of nitrogens with two attached hydrogens (primary N) is 1. The molecule has 0 aliphatic carbocycles. The number of aromatic amines is 1. The maximum absolute atomic E-state index is 12.6. The summed E-state index contributed by atoms with van der Waals surface area (Å²) in [5.74, 6) is -2.95. The summed E-state index contributed by atoms with van der Waals surface area (Å²) in [6, 6.07) is -3.13. The fraction of sp³-hybridized carbons (Fsp3) is 0.562. The maximum atomic E-state index is 12.6. The number of nitrogens with zero attached hydrogens (tertiary/aromatic N) is 2. The van der Waals surface area contributed by atoms with Crippen molar-refractivity contribution >= 4 is 23.7 Å². The summed E-state index contributed by atoms with van der Waals surface area (Å²) >= 11 is 0. The van der Waals surface area contributed by atoms with Gasteiger partial charge in [0.2, 0.25) is 17.7 Å². The molecule has 3 unspecified atom stereocenters. The van der Waals surface area contributed by atoms with E-state index in [4.69, 9.17) is 10.8 Å². The summed E-state index contributed by atoms with van der Waals surface area (Å²) in [7, 11) is 0. The Balaban J connectivity index is 1.94. The largest absolute Gasteiger partial charge is 0.480 e. The van der Waals surface area contributed by atoms with E-state index in [1.165, 1.54) is 17.4 Å². The third-order valence-corrected chi connectivity index (χ3v) is 4.42. The van der Waals surface area contributed by atoms with Crippen LogP contribution in [0.3, 0.4) is 0 Å². The molecule has 1 aromatic rings. The number of aliphatic hydroxyl groups excluding tert-OH is 1. The minimum Gasteiger partial charge on any atom is -0.480 e. The van der Waals surface area contributed by atoms with Gasteiger partial charge < -0.3 is 36.5 Å². The molecule has 7 N–H and O–H groups in total. The van der Waals surface area contributed by atoms with Crippen molar-refractivity contribution in [3.63, 3.8) is 0 Å². The van der Waals surface area contributed by atoms with Crippen LogP contribution in [-0.2, 0) is 25.6 Å². The van der Waals surface area contributed by atoms with Crippen molar-refractivity contribution in [2.24, 2.45) is 5.73 Å². The first-order valence-electron chi connectivity index (χ1n) is 8.77. The van der Waals surface area contributed by atoms with Crippen LogP contribution in [0.25, 0.3) is 0 Å². The van der Waals surface area contributed by atoms with Gasteiger partial charge in [0.15, 0.2) is 0 Å². The molecule has 0 radical (unpaired) electrons. The molecule has 3 atom stereocenters. The van der Waals surface area contributed by atoms with E-state index in [0.29, 0.717) is 25.1 Å². The minimum absolute atomic E-state index is 0.0246. The Bertz CT molecular complexity index is 708. The molecule has 12 heteroatoms. The zero-order valence-corrected chi connectivity index (χ0v) is 15.1. The highest BCUT2D eigenvalue weighted by Gasteiger charge is 2.36. The van der Waals surface area contributed by atoms with Crippen molar-refractivity contribution in [1.29, 1.82) is 0 Å². The molecule has 1 aromatic heterocycles. The van der Waals surface area contributed by atoms with E-state index in [1.54, 1.807) is 0 Å². The fourth-order valence-corrected chi connectivity index (χ4v) is 2.90. The number of hydrogen-bond donors (Lipinski definition) is 6. The molecule has 3 amide bonds. The SMILES string of the molecule is NC(CO)C(=O)NCC(=O)N1CCCC1C(=O)NC(Cc1cnc[nH]1)C(=O)O. The second-order valence-corrected chi connectivity index (χ2v) is 6.43. The number of aliphatic carboxylic acids is 1. The summed E-state index contributed by atoms with van der Waals surface area (Å²) in [6.45, 7) is -0.606. The topological polar surface area (TPSA) is 191 Å². The van der Waals surface area contributed by atoms with E-state index in [1.807, 2.05) is 0 Å². The summed E-state index contributed by atoms with van der Waals surface area (Å²) in [5, 5.41) is 22.9. The number of carbonyl (C=O) groups is 4. The monoisotopic (exact) mass is 396 g/mol. The number of likely N-dealkylation sites (tertiary alicyclic amines) is 1. The molecule has 2 heterocycles. The van der Waals surface area contributed by atoms with Gasteiger partial charge in [0.1, 0.15) is 18.1 Å². The van der Waals surface area contributed by atoms with Gasteiger partial charge in [0.25, 0.3) is 0 Å². The van der Waals surface area contributed by atoms with Gasteiger partial charge in [-0.05, 0) is 12.8 Å². The Hall–Kier alpha value is -2.99. The Morgan fingerprint density at radius 1 is 1.39 bits per heavy atom. The van der Waals surface area contributed by atoms with Crippen LogP contribution in [0.5, 0.6) is 0 Å². The number of nitrogens with one attached hydrogen (secondary N) is 3. The second kappa shape index (κ2) is 9.80. The van der Waals surface area contributed by atoms with Crippen molar-refractivity contribution in [2.45, 2.75) is 37.4 Å². The highest BCUT2D eigenvalue weighted by atomic mass is 16.4. The number of carbonyl (C=O) groups excluding carboxylic acids is 3. The zero-order chi connectivity index (χ0) is 20.7. The number of rotatable bonds is 9. The van der Waals surface area contributed by atoms with Crippen molar-refractivity contribution in [1.82, 2.24) is 25.5 Å². The standard InChI is InChI=1S/C16H24N6O6/c17-10(7-23)14(25)19-6-13(24)22-3-1-2-12(22)15(26)21-11(16(27)28)4-9-5-18-8-20-9/h5,8,10-12,23H,1-4,6-7,17H2,(H,18,20)(H,19,25)(H,21,26)(H,27,28). The van der Waals surface area contributed by atoms with Gasteiger partial charge in [-0.1, -0.05) is 0 Å². The molecule has 1 aliphatic heterocycles. The molecule has 12 nitrogen and oxygen atoms in total. The first-order chi connectivity index (χ1) is 13.3. The first kappa shape index (κ1) is 21.3. The Morgan fingerprint density at radius 3 is 2.75 bits per heavy atom. The van der Waals surface area contributed by atoms with Gasteiger partial charge in [-0.2, -0.15) is 0 Å². The number of imidazole rings is 1. The number of aromatic nitrogens is 2. The van der Waals surface area contributed by atoms with Crippen LogP contribution < -0.4 is 16.4 Å². The molecular weight excluding hydrogens is 372 g/mol. The van der Waals surface area contributed by atoms with Crippen LogP contribution in [0.2, 0.25) is 0 Å². The molecule has 0 aromatic carbocycles. The highest BCUT2D eigenvalue weighted by Crippen LogP contribution is 2.18. The van der Waals surface area contributed by atoms with Gasteiger partial charge in [0.05, 0.1) is 19.5 Å². The normalized spacial score (nSPS) is 18.4. The quantitative estimate of drug-likeness (QED) is 0.253. The van der Waals surface area contributed by atoms with Crippen LogP contribution in [-0.4, -0.2) is 86.6 Å².